The van der Waals surface area contributed by atoms with Crippen molar-refractivity contribution in [2.24, 2.45) is 0 Å². The molecule has 1 fully saturated rings. The van der Waals surface area contributed by atoms with Crippen LogP contribution in [0.25, 0.3) is 6.08 Å². The fourth-order valence-electron chi connectivity index (χ4n) is 2.75. The van der Waals surface area contributed by atoms with E-state index in [9.17, 15) is 14.4 Å². The minimum Gasteiger partial charge on any atom is -0.493 e. The van der Waals surface area contributed by atoms with Gasteiger partial charge < -0.3 is 9.47 Å². The summed E-state index contributed by atoms with van der Waals surface area (Å²) in [6, 6.07) is 5.56. The summed E-state index contributed by atoms with van der Waals surface area (Å²) in [5.41, 5.74) is 0.599. The Labute approximate surface area is 175 Å². The van der Waals surface area contributed by atoms with Gasteiger partial charge in [0.1, 0.15) is 17.1 Å². The second-order valence-electron chi connectivity index (χ2n) is 5.85. The lowest BCUT2D eigenvalue weighted by atomic mass is 10.1. The smallest absolute Gasteiger partial charge is 0.335 e. The molecular formula is C20H18BrN3O5. The Hall–Kier alpha value is -3.20. The SMILES string of the molecule is CCOc1cc(OCC)c(/C=C2\C(=O)NC(=O)N(c3ccncc3)C2=O)cc1Br. The van der Waals surface area contributed by atoms with Gasteiger partial charge in [-0.1, -0.05) is 0 Å². The molecule has 2 heterocycles. The fourth-order valence-corrected chi connectivity index (χ4v) is 3.23. The fraction of sp³-hybridized carbons (Fsp3) is 0.200. The molecule has 0 radical (unpaired) electrons. The lowest BCUT2D eigenvalue weighted by molar-refractivity contribution is -0.122. The number of aromatic nitrogens is 1. The van der Waals surface area contributed by atoms with Crippen LogP contribution in [0.3, 0.4) is 0 Å². The average Bonchev–Trinajstić information content (AvgIpc) is 2.69. The Kier molecular flexibility index (Phi) is 6.28. The molecule has 150 valence electrons. The van der Waals surface area contributed by atoms with Gasteiger partial charge >= 0.3 is 6.03 Å². The van der Waals surface area contributed by atoms with Crippen LogP contribution >= 0.6 is 15.9 Å². The van der Waals surface area contributed by atoms with Gasteiger partial charge in [0.25, 0.3) is 11.8 Å². The lowest BCUT2D eigenvalue weighted by Gasteiger charge is -2.26. The highest BCUT2D eigenvalue weighted by Gasteiger charge is 2.37. The van der Waals surface area contributed by atoms with Crippen molar-refractivity contribution in [3.05, 3.63) is 52.3 Å². The van der Waals surface area contributed by atoms with E-state index in [1.807, 2.05) is 13.8 Å². The summed E-state index contributed by atoms with van der Waals surface area (Å²) in [5.74, 6) is -0.499. The highest BCUT2D eigenvalue weighted by atomic mass is 79.9. The summed E-state index contributed by atoms with van der Waals surface area (Å²) in [6.07, 6.45) is 4.29. The summed E-state index contributed by atoms with van der Waals surface area (Å²) in [6.45, 7) is 4.53. The Morgan fingerprint density at radius 1 is 1.07 bits per heavy atom. The number of carbonyl (C=O) groups excluding carboxylic acids is 3. The van der Waals surface area contributed by atoms with E-state index in [1.54, 1.807) is 12.1 Å². The van der Waals surface area contributed by atoms with Crippen LogP contribution in [0.15, 0.2) is 46.7 Å². The number of rotatable bonds is 6. The summed E-state index contributed by atoms with van der Waals surface area (Å²) < 4.78 is 11.8. The van der Waals surface area contributed by atoms with Gasteiger partial charge in [0, 0.05) is 24.0 Å². The number of carbonyl (C=O) groups is 3. The van der Waals surface area contributed by atoms with E-state index < -0.39 is 17.8 Å². The first-order valence-corrected chi connectivity index (χ1v) is 9.66. The average molecular weight is 460 g/mol. The number of hydrogen-bond donors (Lipinski definition) is 1. The van der Waals surface area contributed by atoms with Crippen LogP contribution in [-0.2, 0) is 9.59 Å². The first-order valence-electron chi connectivity index (χ1n) is 8.86. The van der Waals surface area contributed by atoms with Gasteiger partial charge in [-0.25, -0.2) is 9.69 Å². The molecule has 0 saturated carbocycles. The highest BCUT2D eigenvalue weighted by Crippen LogP contribution is 2.35. The van der Waals surface area contributed by atoms with Gasteiger partial charge in [-0.3, -0.25) is 19.9 Å². The Morgan fingerprint density at radius 2 is 1.72 bits per heavy atom. The number of halogens is 1. The zero-order valence-electron chi connectivity index (χ0n) is 15.8. The number of benzene rings is 1. The first kappa shape index (κ1) is 20.5. The first-order chi connectivity index (χ1) is 14.0. The van der Waals surface area contributed by atoms with Crippen LogP contribution in [0.2, 0.25) is 0 Å². The number of ether oxygens (including phenoxy) is 2. The second kappa shape index (κ2) is 8.87. The molecule has 3 rings (SSSR count). The predicted molar refractivity (Wildman–Crippen MR) is 110 cm³/mol. The van der Waals surface area contributed by atoms with E-state index in [0.717, 1.165) is 4.90 Å². The number of pyridine rings is 1. The van der Waals surface area contributed by atoms with Crippen molar-refractivity contribution in [1.29, 1.82) is 0 Å². The van der Waals surface area contributed by atoms with E-state index in [1.165, 1.54) is 30.6 Å². The third kappa shape index (κ3) is 4.29. The van der Waals surface area contributed by atoms with Crippen LogP contribution in [0.5, 0.6) is 11.5 Å². The molecule has 8 nitrogen and oxygen atoms in total. The van der Waals surface area contributed by atoms with Crippen LogP contribution in [-0.4, -0.2) is 36.0 Å². The zero-order chi connectivity index (χ0) is 21.0. The molecule has 29 heavy (non-hydrogen) atoms. The molecule has 2 aromatic rings. The maximum absolute atomic E-state index is 13.0. The van der Waals surface area contributed by atoms with Crippen molar-refractivity contribution in [2.45, 2.75) is 13.8 Å². The van der Waals surface area contributed by atoms with E-state index in [2.05, 4.69) is 26.2 Å². The Balaban J connectivity index is 2.06. The Bertz CT molecular complexity index is 991. The van der Waals surface area contributed by atoms with Gasteiger partial charge in [-0.05, 0) is 54.1 Å². The topological polar surface area (TPSA) is 97.8 Å². The molecule has 1 saturated heterocycles. The van der Waals surface area contributed by atoms with Crippen LogP contribution < -0.4 is 19.7 Å². The molecule has 0 spiro atoms. The molecule has 4 amide bonds. The van der Waals surface area contributed by atoms with E-state index >= 15 is 0 Å². The van der Waals surface area contributed by atoms with Crippen molar-refractivity contribution in [2.75, 3.05) is 18.1 Å². The lowest BCUT2D eigenvalue weighted by Crippen LogP contribution is -2.54. The van der Waals surface area contributed by atoms with Crippen LogP contribution in [0, 0.1) is 0 Å². The number of hydrogen-bond acceptors (Lipinski definition) is 6. The summed E-state index contributed by atoms with van der Waals surface area (Å²) >= 11 is 3.42. The monoisotopic (exact) mass is 459 g/mol. The molecule has 1 aliphatic rings. The second-order valence-corrected chi connectivity index (χ2v) is 6.70. The van der Waals surface area contributed by atoms with Gasteiger partial charge in [0.15, 0.2) is 0 Å². The number of amides is 4. The number of barbiturate groups is 1. The summed E-state index contributed by atoms with van der Waals surface area (Å²) in [5, 5.41) is 2.19. The molecule has 0 aliphatic carbocycles. The maximum atomic E-state index is 13.0. The molecule has 1 N–H and O–H groups in total. The van der Waals surface area contributed by atoms with E-state index in [-0.39, 0.29) is 5.57 Å². The van der Waals surface area contributed by atoms with Crippen molar-refractivity contribution in [3.8, 4) is 11.5 Å². The number of imide groups is 2. The van der Waals surface area contributed by atoms with Crippen LogP contribution in [0.4, 0.5) is 10.5 Å². The Morgan fingerprint density at radius 3 is 2.38 bits per heavy atom. The minimum absolute atomic E-state index is 0.196. The van der Waals surface area contributed by atoms with Crippen molar-refractivity contribution >= 4 is 45.5 Å². The summed E-state index contributed by atoms with van der Waals surface area (Å²) in [4.78, 5) is 42.3. The molecular weight excluding hydrogens is 442 g/mol. The standard InChI is InChI=1S/C20H18BrN3O5/c1-3-28-16-11-17(29-4-2)15(21)10-12(16)9-14-18(25)23-20(27)24(19(14)26)13-5-7-22-8-6-13/h5-11H,3-4H2,1-2H3,(H,23,25,27)/b14-9+. The van der Waals surface area contributed by atoms with Crippen molar-refractivity contribution < 1.29 is 23.9 Å². The van der Waals surface area contributed by atoms with Crippen LogP contribution in [0.1, 0.15) is 19.4 Å². The number of nitrogens with zero attached hydrogens (tertiary/aromatic N) is 2. The molecule has 0 bridgehead atoms. The van der Waals surface area contributed by atoms with Gasteiger partial charge in [0.2, 0.25) is 0 Å². The maximum Gasteiger partial charge on any atom is 0.335 e. The quantitative estimate of drug-likeness (QED) is 0.525. The molecule has 0 atom stereocenters. The zero-order valence-corrected chi connectivity index (χ0v) is 17.4. The van der Waals surface area contributed by atoms with Gasteiger partial charge in [-0.15, -0.1) is 0 Å². The normalized spacial score (nSPS) is 15.5. The highest BCUT2D eigenvalue weighted by molar-refractivity contribution is 9.10. The van der Waals surface area contributed by atoms with Crippen molar-refractivity contribution in [1.82, 2.24) is 10.3 Å². The number of anilines is 1. The van der Waals surface area contributed by atoms with Gasteiger partial charge in [0.05, 0.1) is 23.4 Å². The van der Waals surface area contributed by atoms with E-state index in [0.29, 0.717) is 40.4 Å². The van der Waals surface area contributed by atoms with Crippen molar-refractivity contribution in [3.63, 3.8) is 0 Å². The number of nitrogens with one attached hydrogen (secondary N) is 1. The van der Waals surface area contributed by atoms with E-state index in [4.69, 9.17) is 9.47 Å². The summed E-state index contributed by atoms with van der Waals surface area (Å²) in [7, 11) is 0. The predicted octanol–water partition coefficient (Wildman–Crippen LogP) is 3.31. The molecule has 1 aromatic heterocycles. The largest absolute Gasteiger partial charge is 0.493 e. The third-order valence-electron chi connectivity index (χ3n) is 3.99. The molecule has 9 heteroatoms. The van der Waals surface area contributed by atoms with Gasteiger partial charge in [-0.2, -0.15) is 0 Å². The molecule has 1 aromatic carbocycles. The third-order valence-corrected chi connectivity index (χ3v) is 4.61. The minimum atomic E-state index is -0.818. The molecule has 1 aliphatic heterocycles. The number of urea groups is 1. The molecule has 0 unspecified atom stereocenters.